The normalized spacial score (nSPS) is 13.6. The van der Waals surface area contributed by atoms with Crippen LogP contribution in [0.2, 0.25) is 0 Å². The summed E-state index contributed by atoms with van der Waals surface area (Å²) in [6.45, 7) is -0.804. The van der Waals surface area contributed by atoms with Gasteiger partial charge in [-0.2, -0.15) is 4.72 Å². The highest BCUT2D eigenvalue weighted by Gasteiger charge is 2.24. The van der Waals surface area contributed by atoms with E-state index in [-0.39, 0.29) is 4.90 Å². The summed E-state index contributed by atoms with van der Waals surface area (Å²) in [5, 5.41) is 17.3. The maximum atomic E-state index is 11.6. The van der Waals surface area contributed by atoms with E-state index in [0.29, 0.717) is 0 Å². The summed E-state index contributed by atoms with van der Waals surface area (Å²) >= 11 is 0. The molecule has 0 radical (unpaired) electrons. The van der Waals surface area contributed by atoms with E-state index >= 15 is 0 Å². The van der Waals surface area contributed by atoms with Gasteiger partial charge in [-0.05, 0) is 6.07 Å². The van der Waals surface area contributed by atoms with Crippen molar-refractivity contribution >= 4 is 16.0 Å². The predicted molar refractivity (Wildman–Crippen MR) is 54.2 cm³/mol. The summed E-state index contributed by atoms with van der Waals surface area (Å²) in [5.74, 6) is -1.43. The van der Waals surface area contributed by atoms with Crippen LogP contribution in [0.5, 0.6) is 0 Å². The standard InChI is InChI=1S/C8H12N2O5S/c1-10-3-2-6(4-10)16(14,15)9-7(5-11)8(12)13/h2-4,7,9,11H,5H2,1H3,(H,12,13). The highest BCUT2D eigenvalue weighted by atomic mass is 32.2. The van der Waals surface area contributed by atoms with Crippen molar-refractivity contribution in [2.24, 2.45) is 7.05 Å². The minimum atomic E-state index is -3.91. The molecule has 0 bridgehead atoms. The van der Waals surface area contributed by atoms with Gasteiger partial charge in [-0.1, -0.05) is 0 Å². The van der Waals surface area contributed by atoms with E-state index in [9.17, 15) is 13.2 Å². The van der Waals surface area contributed by atoms with Gasteiger partial charge in [0.15, 0.2) is 0 Å². The molecule has 8 heteroatoms. The Morgan fingerprint density at radius 3 is 2.62 bits per heavy atom. The fourth-order valence-electron chi connectivity index (χ4n) is 1.06. The van der Waals surface area contributed by atoms with Gasteiger partial charge in [0.25, 0.3) is 0 Å². The molecule has 0 fully saturated rings. The molecular weight excluding hydrogens is 236 g/mol. The molecule has 16 heavy (non-hydrogen) atoms. The summed E-state index contributed by atoms with van der Waals surface area (Å²) in [6.07, 6.45) is 2.85. The van der Waals surface area contributed by atoms with Gasteiger partial charge in [0.1, 0.15) is 6.04 Å². The van der Waals surface area contributed by atoms with E-state index in [0.717, 1.165) is 0 Å². The van der Waals surface area contributed by atoms with E-state index in [1.165, 1.54) is 23.0 Å². The molecule has 3 N–H and O–H groups in total. The van der Waals surface area contributed by atoms with Crippen LogP contribution in [-0.4, -0.2) is 41.8 Å². The number of hydrogen-bond donors (Lipinski definition) is 3. The quantitative estimate of drug-likeness (QED) is 0.603. The lowest BCUT2D eigenvalue weighted by Crippen LogP contribution is -2.43. The summed E-state index contributed by atoms with van der Waals surface area (Å²) in [7, 11) is -2.27. The van der Waals surface area contributed by atoms with E-state index < -0.39 is 28.6 Å². The molecule has 0 saturated heterocycles. The van der Waals surface area contributed by atoms with Crippen LogP contribution < -0.4 is 4.72 Å². The lowest BCUT2D eigenvalue weighted by atomic mass is 10.3. The smallest absolute Gasteiger partial charge is 0.324 e. The second kappa shape index (κ2) is 4.64. The minimum Gasteiger partial charge on any atom is -0.480 e. The number of aryl methyl sites for hydroxylation is 1. The van der Waals surface area contributed by atoms with Gasteiger partial charge < -0.3 is 14.8 Å². The average molecular weight is 248 g/mol. The van der Waals surface area contributed by atoms with Crippen molar-refractivity contribution in [3.63, 3.8) is 0 Å². The number of aliphatic hydroxyl groups excluding tert-OH is 1. The lowest BCUT2D eigenvalue weighted by Gasteiger charge is -2.10. The first-order chi connectivity index (χ1) is 7.36. The Kier molecular flexibility index (Phi) is 3.68. The zero-order chi connectivity index (χ0) is 12.3. The first-order valence-corrected chi connectivity index (χ1v) is 5.83. The summed E-state index contributed by atoms with van der Waals surface area (Å²) in [4.78, 5) is 10.5. The Hall–Kier alpha value is -1.38. The number of hydrogen-bond acceptors (Lipinski definition) is 4. The maximum absolute atomic E-state index is 11.6. The Morgan fingerprint density at radius 1 is 1.62 bits per heavy atom. The SMILES string of the molecule is Cn1ccc(S(=O)(=O)NC(CO)C(=O)O)c1. The van der Waals surface area contributed by atoms with Crippen molar-refractivity contribution in [1.82, 2.24) is 9.29 Å². The van der Waals surface area contributed by atoms with Crippen LogP contribution in [0, 0.1) is 0 Å². The first kappa shape index (κ1) is 12.7. The van der Waals surface area contributed by atoms with Gasteiger partial charge in [-0.15, -0.1) is 0 Å². The predicted octanol–water partition coefficient (Wildman–Crippen LogP) is -1.25. The Labute approximate surface area is 92.4 Å². The second-order valence-corrected chi connectivity index (χ2v) is 4.92. The highest BCUT2D eigenvalue weighted by Crippen LogP contribution is 2.08. The molecule has 1 heterocycles. The molecular formula is C8H12N2O5S. The zero-order valence-corrected chi connectivity index (χ0v) is 9.31. The zero-order valence-electron chi connectivity index (χ0n) is 8.49. The van der Waals surface area contributed by atoms with Gasteiger partial charge in [-0.3, -0.25) is 4.79 Å². The molecule has 1 aromatic heterocycles. The maximum Gasteiger partial charge on any atom is 0.324 e. The molecule has 1 atom stereocenters. The van der Waals surface area contributed by atoms with Gasteiger partial charge in [0.05, 0.1) is 11.5 Å². The van der Waals surface area contributed by atoms with Crippen molar-refractivity contribution in [1.29, 1.82) is 0 Å². The van der Waals surface area contributed by atoms with Crippen LogP contribution in [0.1, 0.15) is 0 Å². The molecule has 0 aliphatic heterocycles. The number of carboxylic acids is 1. The number of rotatable bonds is 5. The van der Waals surface area contributed by atoms with Gasteiger partial charge in [0.2, 0.25) is 10.0 Å². The van der Waals surface area contributed by atoms with Crippen LogP contribution >= 0.6 is 0 Å². The molecule has 1 aromatic rings. The van der Waals surface area contributed by atoms with Crippen LogP contribution in [0.4, 0.5) is 0 Å². The Balaban J connectivity index is 2.91. The van der Waals surface area contributed by atoms with Crippen LogP contribution in [0.15, 0.2) is 23.4 Å². The van der Waals surface area contributed by atoms with Crippen LogP contribution in [0.25, 0.3) is 0 Å². The lowest BCUT2D eigenvalue weighted by molar-refractivity contribution is -0.139. The number of carbonyl (C=O) groups is 1. The van der Waals surface area contributed by atoms with Crippen LogP contribution in [0.3, 0.4) is 0 Å². The summed E-state index contributed by atoms with van der Waals surface area (Å²) in [5.41, 5.74) is 0. The molecule has 0 aromatic carbocycles. The Morgan fingerprint density at radius 2 is 2.25 bits per heavy atom. The van der Waals surface area contributed by atoms with Crippen molar-refractivity contribution in [2.45, 2.75) is 10.9 Å². The molecule has 0 aliphatic rings. The summed E-state index contributed by atoms with van der Waals surface area (Å²) in [6, 6.07) is -0.205. The Bertz CT molecular complexity index is 478. The van der Waals surface area contributed by atoms with Gasteiger partial charge >= 0.3 is 5.97 Å². The van der Waals surface area contributed by atoms with E-state index in [1.54, 1.807) is 7.05 Å². The number of carboxylic acid groups (broad SMARTS) is 1. The minimum absolute atomic E-state index is 0.0466. The number of aliphatic carboxylic acids is 1. The van der Waals surface area contributed by atoms with Gasteiger partial charge in [0, 0.05) is 19.4 Å². The summed E-state index contributed by atoms with van der Waals surface area (Å²) < 4.78 is 26.6. The van der Waals surface area contributed by atoms with E-state index in [1.807, 2.05) is 4.72 Å². The molecule has 1 rings (SSSR count). The fourth-order valence-corrected chi connectivity index (χ4v) is 2.29. The number of sulfonamides is 1. The third-order valence-corrected chi connectivity index (χ3v) is 3.35. The molecule has 0 aliphatic carbocycles. The van der Waals surface area contributed by atoms with E-state index in [4.69, 9.17) is 10.2 Å². The molecule has 0 saturated carbocycles. The largest absolute Gasteiger partial charge is 0.480 e. The highest BCUT2D eigenvalue weighted by molar-refractivity contribution is 7.89. The number of aromatic nitrogens is 1. The third-order valence-electron chi connectivity index (χ3n) is 1.89. The number of nitrogens with one attached hydrogen (secondary N) is 1. The third kappa shape index (κ3) is 2.81. The van der Waals surface area contributed by atoms with Crippen molar-refractivity contribution in [3.8, 4) is 0 Å². The molecule has 7 nitrogen and oxygen atoms in total. The average Bonchev–Trinajstić information content (AvgIpc) is 2.61. The van der Waals surface area contributed by atoms with E-state index in [2.05, 4.69) is 0 Å². The topological polar surface area (TPSA) is 109 Å². The number of aliphatic hydroxyl groups is 1. The van der Waals surface area contributed by atoms with Crippen molar-refractivity contribution in [3.05, 3.63) is 18.5 Å². The molecule has 90 valence electrons. The van der Waals surface area contributed by atoms with Gasteiger partial charge in [-0.25, -0.2) is 8.42 Å². The second-order valence-electron chi connectivity index (χ2n) is 3.21. The number of nitrogens with zero attached hydrogens (tertiary/aromatic N) is 1. The molecule has 0 spiro atoms. The monoisotopic (exact) mass is 248 g/mol. The fraction of sp³-hybridized carbons (Fsp3) is 0.375. The molecule has 0 amide bonds. The first-order valence-electron chi connectivity index (χ1n) is 4.35. The van der Waals surface area contributed by atoms with Crippen molar-refractivity contribution < 1.29 is 23.4 Å². The van der Waals surface area contributed by atoms with Crippen molar-refractivity contribution in [2.75, 3.05) is 6.61 Å². The molecule has 1 unspecified atom stereocenters. The van der Waals surface area contributed by atoms with Crippen LogP contribution in [-0.2, 0) is 21.9 Å².